The molecule has 0 saturated heterocycles. The predicted octanol–water partition coefficient (Wildman–Crippen LogP) is 3.58. The second-order valence-electron chi connectivity index (χ2n) is 3.71. The summed E-state index contributed by atoms with van der Waals surface area (Å²) in [4.78, 5) is 0. The Hall–Kier alpha value is -1.37. The van der Waals surface area contributed by atoms with Crippen LogP contribution in [-0.4, -0.2) is 19.8 Å². The molecule has 0 atom stereocenters. The van der Waals surface area contributed by atoms with Gasteiger partial charge in [0.05, 0.1) is 6.61 Å². The normalized spacial score (nSPS) is 10.8. The predicted molar refractivity (Wildman–Crippen MR) is 57.5 cm³/mol. The van der Waals surface area contributed by atoms with E-state index in [-0.39, 0.29) is 13.2 Å². The first-order chi connectivity index (χ1) is 9.00. The quantitative estimate of drug-likeness (QED) is 0.330. The average molecular weight is 284 g/mol. The molecule has 2 nitrogen and oxygen atoms in total. The summed E-state index contributed by atoms with van der Waals surface area (Å²) < 4.78 is 74.2. The molecule has 0 saturated carbocycles. The summed E-state index contributed by atoms with van der Waals surface area (Å²) in [6.07, 6.45) is 1.72. The van der Waals surface area contributed by atoms with Crippen molar-refractivity contribution in [1.29, 1.82) is 0 Å². The zero-order valence-corrected chi connectivity index (χ0v) is 10.2. The highest BCUT2D eigenvalue weighted by Gasteiger charge is 2.26. The molecule has 0 bridgehead atoms. The van der Waals surface area contributed by atoms with Gasteiger partial charge >= 0.3 is 0 Å². The van der Waals surface area contributed by atoms with E-state index in [0.29, 0.717) is 6.61 Å². The van der Waals surface area contributed by atoms with Crippen LogP contribution in [0.4, 0.5) is 22.0 Å². The summed E-state index contributed by atoms with van der Waals surface area (Å²) in [6.45, 7) is 2.09. The summed E-state index contributed by atoms with van der Waals surface area (Å²) >= 11 is 0. The minimum atomic E-state index is -2.21. The molecule has 0 aromatic heterocycles. The van der Waals surface area contributed by atoms with Gasteiger partial charge in [0, 0.05) is 6.61 Å². The van der Waals surface area contributed by atoms with Crippen LogP contribution in [0.25, 0.3) is 0 Å². The molecule has 0 aliphatic rings. The van der Waals surface area contributed by atoms with Crippen molar-refractivity contribution in [2.24, 2.45) is 0 Å². The number of hydrogen-bond acceptors (Lipinski definition) is 2. The molecule has 0 N–H and O–H groups in total. The van der Waals surface area contributed by atoms with Crippen LogP contribution in [0.3, 0.4) is 0 Å². The molecule has 0 fully saturated rings. The van der Waals surface area contributed by atoms with Gasteiger partial charge in [-0.3, -0.25) is 0 Å². The van der Waals surface area contributed by atoms with Gasteiger partial charge in [-0.15, -0.1) is 0 Å². The second kappa shape index (κ2) is 7.28. The summed E-state index contributed by atoms with van der Waals surface area (Å²) in [5.74, 6) is -11.5. The van der Waals surface area contributed by atoms with E-state index in [1.54, 1.807) is 0 Å². The third kappa shape index (κ3) is 3.79. The molecule has 0 heterocycles. The molecule has 19 heavy (non-hydrogen) atoms. The van der Waals surface area contributed by atoms with Gasteiger partial charge in [-0.25, -0.2) is 13.2 Å². The summed E-state index contributed by atoms with van der Waals surface area (Å²) in [5.41, 5.74) is 0. The highest BCUT2D eigenvalue weighted by atomic mass is 19.2. The first-order valence-electron chi connectivity index (χ1n) is 5.72. The van der Waals surface area contributed by atoms with Gasteiger partial charge in [-0.05, 0) is 6.42 Å². The summed E-state index contributed by atoms with van der Waals surface area (Å²) in [7, 11) is 0. The Morgan fingerprint density at radius 3 is 1.79 bits per heavy atom. The summed E-state index contributed by atoms with van der Waals surface area (Å²) in [5, 5.41) is 0. The van der Waals surface area contributed by atoms with Crippen molar-refractivity contribution in [3.63, 3.8) is 0 Å². The van der Waals surface area contributed by atoms with Crippen LogP contribution in [0.2, 0.25) is 0 Å². The zero-order chi connectivity index (χ0) is 14.4. The van der Waals surface area contributed by atoms with Crippen molar-refractivity contribution >= 4 is 0 Å². The molecule has 0 amide bonds. The number of hydrogen-bond donors (Lipinski definition) is 0. The summed E-state index contributed by atoms with van der Waals surface area (Å²) in [6, 6.07) is 0. The number of unbranched alkanes of at least 4 members (excludes halogenated alkanes) is 1. The van der Waals surface area contributed by atoms with Crippen LogP contribution in [0.5, 0.6) is 5.75 Å². The third-order valence-corrected chi connectivity index (χ3v) is 2.29. The van der Waals surface area contributed by atoms with Gasteiger partial charge in [-0.2, -0.15) is 8.78 Å². The molecule has 1 rings (SSSR count). The van der Waals surface area contributed by atoms with Gasteiger partial charge in [0.2, 0.25) is 29.1 Å². The first-order valence-corrected chi connectivity index (χ1v) is 5.72. The molecule has 0 aliphatic heterocycles. The van der Waals surface area contributed by atoms with Crippen LogP contribution < -0.4 is 4.74 Å². The molecule has 0 unspecified atom stereocenters. The Kier molecular flexibility index (Phi) is 6.01. The van der Waals surface area contributed by atoms with Crippen molar-refractivity contribution in [3.05, 3.63) is 29.1 Å². The van der Waals surface area contributed by atoms with Crippen molar-refractivity contribution in [3.8, 4) is 5.75 Å². The fourth-order valence-electron chi connectivity index (χ4n) is 1.26. The minimum absolute atomic E-state index is 0.000501. The Morgan fingerprint density at radius 1 is 0.737 bits per heavy atom. The topological polar surface area (TPSA) is 18.5 Å². The smallest absolute Gasteiger partial charge is 0.206 e. The minimum Gasteiger partial charge on any atom is -0.485 e. The van der Waals surface area contributed by atoms with E-state index >= 15 is 0 Å². The van der Waals surface area contributed by atoms with Crippen LogP contribution in [-0.2, 0) is 4.74 Å². The van der Waals surface area contributed by atoms with Crippen LogP contribution >= 0.6 is 0 Å². The van der Waals surface area contributed by atoms with Gasteiger partial charge in [0.15, 0.2) is 5.75 Å². The number of benzene rings is 1. The molecule has 1 aromatic carbocycles. The lowest BCUT2D eigenvalue weighted by Gasteiger charge is -2.10. The SMILES string of the molecule is CCCCOCCOc1c(F)c(F)c(F)c(F)c1F. The molecule has 108 valence electrons. The third-order valence-electron chi connectivity index (χ3n) is 2.29. The van der Waals surface area contributed by atoms with Crippen molar-refractivity contribution in [2.75, 3.05) is 19.8 Å². The van der Waals surface area contributed by atoms with Crippen molar-refractivity contribution < 1.29 is 31.4 Å². The standard InChI is InChI=1S/C12H13F5O2/c1-2-3-4-18-5-6-19-12-10(16)8(14)7(13)9(15)11(12)17/h2-6H2,1H3. The number of halogens is 5. The van der Waals surface area contributed by atoms with E-state index in [2.05, 4.69) is 4.74 Å². The maximum absolute atomic E-state index is 13.1. The van der Waals surface area contributed by atoms with Crippen molar-refractivity contribution in [1.82, 2.24) is 0 Å². The van der Waals surface area contributed by atoms with Crippen molar-refractivity contribution in [2.45, 2.75) is 19.8 Å². The van der Waals surface area contributed by atoms with E-state index in [1.165, 1.54) is 0 Å². The lowest BCUT2D eigenvalue weighted by molar-refractivity contribution is 0.0941. The lowest BCUT2D eigenvalue weighted by atomic mass is 10.2. The lowest BCUT2D eigenvalue weighted by Crippen LogP contribution is -2.12. The van der Waals surface area contributed by atoms with Gasteiger partial charge < -0.3 is 9.47 Å². The maximum Gasteiger partial charge on any atom is 0.206 e. The van der Waals surface area contributed by atoms with E-state index in [4.69, 9.17) is 4.74 Å². The van der Waals surface area contributed by atoms with Gasteiger partial charge in [-0.1, -0.05) is 13.3 Å². The second-order valence-corrected chi connectivity index (χ2v) is 3.71. The molecule has 1 aromatic rings. The Balaban J connectivity index is 2.64. The van der Waals surface area contributed by atoms with E-state index < -0.39 is 34.8 Å². The van der Waals surface area contributed by atoms with E-state index in [1.807, 2.05) is 6.92 Å². The fraction of sp³-hybridized carbons (Fsp3) is 0.500. The highest BCUT2D eigenvalue weighted by Crippen LogP contribution is 2.28. The van der Waals surface area contributed by atoms with Crippen LogP contribution in [0.1, 0.15) is 19.8 Å². The molecule has 0 radical (unpaired) electrons. The molecule has 7 heteroatoms. The molecule has 0 aliphatic carbocycles. The highest BCUT2D eigenvalue weighted by molar-refractivity contribution is 5.29. The van der Waals surface area contributed by atoms with E-state index in [0.717, 1.165) is 12.8 Å². The first kappa shape index (κ1) is 15.7. The van der Waals surface area contributed by atoms with Gasteiger partial charge in [0.25, 0.3) is 0 Å². The van der Waals surface area contributed by atoms with Gasteiger partial charge in [0.1, 0.15) is 6.61 Å². The zero-order valence-electron chi connectivity index (χ0n) is 10.2. The maximum atomic E-state index is 13.1. The van der Waals surface area contributed by atoms with Crippen LogP contribution in [0, 0.1) is 29.1 Å². The Morgan fingerprint density at radius 2 is 1.26 bits per heavy atom. The Bertz CT molecular complexity index is 408. The largest absolute Gasteiger partial charge is 0.485 e. The average Bonchev–Trinajstić information content (AvgIpc) is 2.41. The number of ether oxygens (including phenoxy) is 2. The number of rotatable bonds is 7. The monoisotopic (exact) mass is 284 g/mol. The molecule has 0 spiro atoms. The fourth-order valence-corrected chi connectivity index (χ4v) is 1.26. The Labute approximate surface area is 107 Å². The van der Waals surface area contributed by atoms with E-state index in [9.17, 15) is 22.0 Å². The molecular formula is C12H13F5O2. The molecular weight excluding hydrogens is 271 g/mol. The van der Waals surface area contributed by atoms with Crippen LogP contribution in [0.15, 0.2) is 0 Å².